The smallest absolute Gasteiger partial charge is 0.243 e. The minimum atomic E-state index is -0.657. The van der Waals surface area contributed by atoms with Crippen LogP contribution in [0.25, 0.3) is 0 Å². The van der Waals surface area contributed by atoms with Gasteiger partial charge < -0.3 is 15.0 Å². The highest BCUT2D eigenvalue weighted by molar-refractivity contribution is 8.00. The summed E-state index contributed by atoms with van der Waals surface area (Å²) >= 11 is 7.44. The molecular formula is C29H33ClN2O3S. The maximum absolute atomic E-state index is 13.7. The molecule has 36 heavy (non-hydrogen) atoms. The standard InChI is InChI=1S/C29H33ClN2O3S/c1-21(2)18-31-29(34)27(17-22-8-5-4-6-9-22)32(19-23-10-7-11-25(16-23)35-3)28(33)20-36-26-14-12-24(30)13-15-26/h4-16,21,27H,17-20H2,1-3H3,(H,31,34). The first-order valence-electron chi connectivity index (χ1n) is 12.0. The molecule has 0 spiro atoms. The third kappa shape index (κ3) is 8.61. The lowest BCUT2D eigenvalue weighted by atomic mass is 10.0. The van der Waals surface area contributed by atoms with Gasteiger partial charge in [-0.3, -0.25) is 9.59 Å². The first kappa shape index (κ1) is 27.6. The molecule has 0 heterocycles. The molecule has 0 saturated carbocycles. The zero-order valence-corrected chi connectivity index (χ0v) is 22.5. The van der Waals surface area contributed by atoms with E-state index in [1.165, 1.54) is 11.8 Å². The molecule has 0 saturated heterocycles. The van der Waals surface area contributed by atoms with Gasteiger partial charge in [-0.05, 0) is 53.4 Å². The summed E-state index contributed by atoms with van der Waals surface area (Å²) in [7, 11) is 1.61. The fourth-order valence-electron chi connectivity index (χ4n) is 3.70. The summed E-state index contributed by atoms with van der Waals surface area (Å²) in [6.45, 7) is 4.94. The van der Waals surface area contributed by atoms with Crippen LogP contribution in [0.2, 0.25) is 5.02 Å². The van der Waals surface area contributed by atoms with Crippen molar-refractivity contribution in [2.24, 2.45) is 5.92 Å². The van der Waals surface area contributed by atoms with Gasteiger partial charge in [-0.25, -0.2) is 0 Å². The number of amides is 2. The number of carbonyl (C=O) groups is 2. The van der Waals surface area contributed by atoms with E-state index in [0.29, 0.717) is 36.2 Å². The van der Waals surface area contributed by atoms with Crippen molar-refractivity contribution in [1.29, 1.82) is 0 Å². The third-order valence-corrected chi connectivity index (χ3v) is 6.87. The molecule has 1 unspecified atom stereocenters. The molecule has 0 aliphatic rings. The summed E-state index contributed by atoms with van der Waals surface area (Å²) in [5.41, 5.74) is 1.89. The van der Waals surface area contributed by atoms with Gasteiger partial charge in [0, 0.05) is 29.4 Å². The van der Waals surface area contributed by atoms with Crippen molar-refractivity contribution >= 4 is 35.2 Å². The monoisotopic (exact) mass is 524 g/mol. The van der Waals surface area contributed by atoms with Gasteiger partial charge >= 0.3 is 0 Å². The van der Waals surface area contributed by atoms with Gasteiger partial charge in [-0.2, -0.15) is 0 Å². The normalized spacial score (nSPS) is 11.7. The molecule has 3 aromatic carbocycles. The van der Waals surface area contributed by atoms with Crippen molar-refractivity contribution in [2.75, 3.05) is 19.4 Å². The molecule has 3 rings (SSSR count). The molecule has 2 amide bonds. The van der Waals surface area contributed by atoms with Crippen LogP contribution in [0, 0.1) is 5.92 Å². The van der Waals surface area contributed by atoms with Gasteiger partial charge in [-0.1, -0.05) is 67.9 Å². The predicted molar refractivity (Wildman–Crippen MR) is 148 cm³/mol. The number of halogens is 1. The number of thioether (sulfide) groups is 1. The van der Waals surface area contributed by atoms with Crippen LogP contribution in [0.3, 0.4) is 0 Å². The maximum atomic E-state index is 13.7. The van der Waals surface area contributed by atoms with Crippen LogP contribution in [-0.4, -0.2) is 42.2 Å². The number of hydrogen-bond donors (Lipinski definition) is 1. The van der Waals surface area contributed by atoms with Crippen molar-refractivity contribution in [3.63, 3.8) is 0 Å². The van der Waals surface area contributed by atoms with Crippen LogP contribution < -0.4 is 10.1 Å². The number of ether oxygens (including phenoxy) is 1. The summed E-state index contributed by atoms with van der Waals surface area (Å²) in [4.78, 5) is 29.8. The Morgan fingerprint density at radius 3 is 2.33 bits per heavy atom. The molecule has 0 aromatic heterocycles. The number of rotatable bonds is 12. The van der Waals surface area contributed by atoms with Crippen molar-refractivity contribution in [3.05, 3.63) is 95.0 Å². The van der Waals surface area contributed by atoms with Gasteiger partial charge in [0.1, 0.15) is 11.8 Å². The summed E-state index contributed by atoms with van der Waals surface area (Å²) in [5, 5.41) is 3.70. The van der Waals surface area contributed by atoms with E-state index in [0.717, 1.165) is 16.0 Å². The van der Waals surface area contributed by atoms with Crippen molar-refractivity contribution in [2.45, 2.75) is 37.8 Å². The molecule has 1 atom stereocenters. The number of methoxy groups -OCH3 is 1. The second kappa shape index (κ2) is 14.0. The Kier molecular flexibility index (Phi) is 10.7. The van der Waals surface area contributed by atoms with Crippen LogP contribution >= 0.6 is 23.4 Å². The van der Waals surface area contributed by atoms with Crippen LogP contribution in [-0.2, 0) is 22.6 Å². The number of carbonyl (C=O) groups excluding carboxylic acids is 2. The van der Waals surface area contributed by atoms with E-state index in [2.05, 4.69) is 19.2 Å². The average Bonchev–Trinajstić information content (AvgIpc) is 2.89. The first-order chi connectivity index (χ1) is 17.4. The largest absolute Gasteiger partial charge is 0.497 e. The lowest BCUT2D eigenvalue weighted by Gasteiger charge is -2.32. The minimum absolute atomic E-state index is 0.113. The van der Waals surface area contributed by atoms with E-state index in [1.54, 1.807) is 24.1 Å². The molecule has 190 valence electrons. The highest BCUT2D eigenvalue weighted by Crippen LogP contribution is 2.23. The Morgan fingerprint density at radius 1 is 0.972 bits per heavy atom. The second-order valence-corrected chi connectivity index (χ2v) is 10.4. The van der Waals surface area contributed by atoms with Gasteiger partial charge in [0.25, 0.3) is 0 Å². The van der Waals surface area contributed by atoms with Gasteiger partial charge in [-0.15, -0.1) is 11.8 Å². The summed E-state index contributed by atoms with van der Waals surface area (Å²) in [5.74, 6) is 0.946. The van der Waals surface area contributed by atoms with Crippen molar-refractivity contribution in [3.8, 4) is 5.75 Å². The lowest BCUT2D eigenvalue weighted by Crippen LogP contribution is -2.51. The Labute approximate surface area is 223 Å². The summed E-state index contributed by atoms with van der Waals surface area (Å²) in [6, 6.07) is 24.2. The number of hydrogen-bond acceptors (Lipinski definition) is 4. The zero-order valence-electron chi connectivity index (χ0n) is 20.9. The van der Waals surface area contributed by atoms with Crippen LogP contribution in [0.1, 0.15) is 25.0 Å². The van der Waals surface area contributed by atoms with Gasteiger partial charge in [0.05, 0.1) is 12.9 Å². The predicted octanol–water partition coefficient (Wildman–Crippen LogP) is 5.85. The molecule has 0 aliphatic carbocycles. The zero-order chi connectivity index (χ0) is 25.9. The Hall–Kier alpha value is -2.96. The van der Waals surface area contributed by atoms with E-state index in [4.69, 9.17) is 16.3 Å². The highest BCUT2D eigenvalue weighted by atomic mass is 35.5. The summed E-state index contributed by atoms with van der Waals surface area (Å²) in [6.07, 6.45) is 0.423. The molecule has 1 N–H and O–H groups in total. The molecule has 0 aliphatic heterocycles. The minimum Gasteiger partial charge on any atom is -0.497 e. The quantitative estimate of drug-likeness (QED) is 0.302. The molecule has 7 heteroatoms. The molecule has 5 nitrogen and oxygen atoms in total. The highest BCUT2D eigenvalue weighted by Gasteiger charge is 2.30. The molecule has 0 fully saturated rings. The maximum Gasteiger partial charge on any atom is 0.243 e. The fraction of sp³-hybridized carbons (Fsp3) is 0.310. The first-order valence-corrected chi connectivity index (χ1v) is 13.3. The summed E-state index contributed by atoms with van der Waals surface area (Å²) < 4.78 is 5.38. The van der Waals surface area contributed by atoms with Crippen molar-refractivity contribution in [1.82, 2.24) is 10.2 Å². The molecule has 3 aromatic rings. The van der Waals surface area contributed by atoms with E-state index in [9.17, 15) is 9.59 Å². The Bertz CT molecular complexity index is 1120. The lowest BCUT2D eigenvalue weighted by molar-refractivity contribution is -0.139. The van der Waals surface area contributed by atoms with Gasteiger partial charge in [0.2, 0.25) is 11.8 Å². The number of benzene rings is 3. The van der Waals surface area contributed by atoms with Crippen LogP contribution in [0.5, 0.6) is 5.75 Å². The molecule has 0 bridgehead atoms. The number of nitrogens with zero attached hydrogens (tertiary/aromatic N) is 1. The van der Waals surface area contributed by atoms with Crippen molar-refractivity contribution < 1.29 is 14.3 Å². The van der Waals surface area contributed by atoms with E-state index in [-0.39, 0.29) is 17.6 Å². The van der Waals surface area contributed by atoms with E-state index >= 15 is 0 Å². The molecule has 0 radical (unpaired) electrons. The number of nitrogens with one attached hydrogen (secondary N) is 1. The fourth-order valence-corrected chi connectivity index (χ4v) is 4.61. The third-order valence-electron chi connectivity index (χ3n) is 5.62. The Balaban J connectivity index is 1.90. The van der Waals surface area contributed by atoms with Gasteiger partial charge in [0.15, 0.2) is 0 Å². The topological polar surface area (TPSA) is 58.6 Å². The SMILES string of the molecule is COc1cccc(CN(C(=O)CSc2ccc(Cl)cc2)C(Cc2ccccc2)C(=O)NCC(C)C)c1. The molecular weight excluding hydrogens is 492 g/mol. The second-order valence-electron chi connectivity index (χ2n) is 8.96. The van der Waals surface area contributed by atoms with E-state index < -0.39 is 6.04 Å². The van der Waals surface area contributed by atoms with Crippen LogP contribution in [0.4, 0.5) is 0 Å². The van der Waals surface area contributed by atoms with E-state index in [1.807, 2.05) is 66.7 Å². The Morgan fingerprint density at radius 2 is 1.67 bits per heavy atom. The van der Waals surface area contributed by atoms with Crippen LogP contribution in [0.15, 0.2) is 83.8 Å². The average molecular weight is 525 g/mol.